The second-order valence-corrected chi connectivity index (χ2v) is 11.6. The van der Waals surface area contributed by atoms with Gasteiger partial charge in [-0.3, -0.25) is 4.79 Å². The third-order valence-electron chi connectivity index (χ3n) is 5.50. The maximum Gasteiger partial charge on any atom is 0.329 e. The van der Waals surface area contributed by atoms with Crippen LogP contribution < -0.4 is 10.6 Å². The third-order valence-corrected chi connectivity index (χ3v) is 6.23. The molecule has 2 heterocycles. The minimum absolute atomic E-state index is 0.136. The molecule has 33 heavy (non-hydrogen) atoms. The van der Waals surface area contributed by atoms with Gasteiger partial charge in [0, 0.05) is 12.1 Å². The minimum atomic E-state index is -0.867. The van der Waals surface area contributed by atoms with Gasteiger partial charge in [-0.15, -0.1) is 0 Å². The number of nitrogens with zero attached hydrogens (tertiary/aromatic N) is 1. The first-order chi connectivity index (χ1) is 15.3. The molecular weight excluding hydrogens is 442 g/mol. The average molecular weight is 480 g/mol. The van der Waals surface area contributed by atoms with Crippen LogP contribution in [-0.4, -0.2) is 53.8 Å². The highest BCUT2D eigenvalue weighted by Gasteiger charge is 2.40. The Kier molecular flexibility index (Phi) is 9.05. The molecule has 2 N–H and O–H groups in total. The summed E-state index contributed by atoms with van der Waals surface area (Å²) in [6.45, 7) is 12.1. The Morgan fingerprint density at radius 3 is 2.45 bits per heavy atom. The van der Waals surface area contributed by atoms with Crippen LogP contribution in [0.5, 0.6) is 0 Å². The summed E-state index contributed by atoms with van der Waals surface area (Å²) in [5.74, 6) is -0.815. The minimum Gasteiger partial charge on any atom is -0.459 e. The Morgan fingerprint density at radius 1 is 1.21 bits per heavy atom. The second kappa shape index (κ2) is 11.1. The standard InChI is InChI=1S/C24H37N3O5S/c1-23(2,3)12-18(21(30)32-14-16-9-11-33-15-16)25-22(31)26-19(24(4,5)6)20(29)27-10-7-8-17(27)13-28/h9,11,13,15,17-19H,7-8,10,12,14H2,1-6H3,(H2,25,26,31). The van der Waals surface area contributed by atoms with Gasteiger partial charge < -0.3 is 25.1 Å². The smallest absolute Gasteiger partial charge is 0.329 e. The first-order valence-corrected chi connectivity index (χ1v) is 12.3. The molecular formula is C24H37N3O5S. The van der Waals surface area contributed by atoms with Crippen molar-refractivity contribution < 1.29 is 23.9 Å². The van der Waals surface area contributed by atoms with E-state index in [4.69, 9.17) is 4.74 Å². The topological polar surface area (TPSA) is 105 Å². The van der Waals surface area contributed by atoms with Crippen LogP contribution in [0.2, 0.25) is 0 Å². The fraction of sp³-hybridized carbons (Fsp3) is 0.667. The molecule has 0 aliphatic carbocycles. The monoisotopic (exact) mass is 479 g/mol. The predicted molar refractivity (Wildman–Crippen MR) is 128 cm³/mol. The van der Waals surface area contributed by atoms with Gasteiger partial charge >= 0.3 is 12.0 Å². The molecule has 1 aromatic heterocycles. The highest BCUT2D eigenvalue weighted by Crippen LogP contribution is 2.26. The summed E-state index contributed by atoms with van der Waals surface area (Å²) in [7, 11) is 0. The van der Waals surface area contributed by atoms with Crippen molar-refractivity contribution in [2.24, 2.45) is 10.8 Å². The SMILES string of the molecule is CC(C)(C)CC(NC(=O)NC(C(=O)N1CCCC1C=O)C(C)(C)C)C(=O)OCc1ccsc1. The summed E-state index contributed by atoms with van der Waals surface area (Å²) in [5, 5.41) is 9.27. The van der Waals surface area contributed by atoms with Crippen LogP contribution in [0, 0.1) is 10.8 Å². The predicted octanol–water partition coefficient (Wildman–Crippen LogP) is 3.50. The summed E-state index contributed by atoms with van der Waals surface area (Å²) in [5.41, 5.74) is 0.0513. The number of ether oxygens (including phenoxy) is 1. The Morgan fingerprint density at radius 2 is 1.91 bits per heavy atom. The molecule has 0 spiro atoms. The van der Waals surface area contributed by atoms with Crippen LogP contribution in [0.1, 0.15) is 66.4 Å². The lowest BCUT2D eigenvalue weighted by molar-refractivity contribution is -0.148. The van der Waals surface area contributed by atoms with Gasteiger partial charge in [0.25, 0.3) is 0 Å². The van der Waals surface area contributed by atoms with Gasteiger partial charge in [0.1, 0.15) is 25.0 Å². The molecule has 0 radical (unpaired) electrons. The summed E-state index contributed by atoms with van der Waals surface area (Å²) in [6.07, 6.45) is 2.54. The van der Waals surface area contributed by atoms with Crippen molar-refractivity contribution in [1.29, 1.82) is 0 Å². The summed E-state index contributed by atoms with van der Waals surface area (Å²) in [6, 6.07) is -0.926. The highest BCUT2D eigenvalue weighted by atomic mass is 32.1. The summed E-state index contributed by atoms with van der Waals surface area (Å²) >= 11 is 1.52. The van der Waals surface area contributed by atoms with E-state index in [0.717, 1.165) is 18.3 Å². The molecule has 0 aromatic carbocycles. The van der Waals surface area contributed by atoms with E-state index in [1.807, 2.05) is 58.4 Å². The van der Waals surface area contributed by atoms with E-state index in [1.54, 1.807) is 0 Å². The normalized spacial score (nSPS) is 18.4. The Bertz CT molecular complexity index is 826. The molecule has 184 valence electrons. The fourth-order valence-corrected chi connectivity index (χ4v) is 4.44. The zero-order chi connectivity index (χ0) is 24.8. The van der Waals surface area contributed by atoms with Crippen molar-refractivity contribution in [2.45, 2.75) is 85.5 Å². The van der Waals surface area contributed by atoms with Gasteiger partial charge in [-0.2, -0.15) is 11.3 Å². The van der Waals surface area contributed by atoms with Gasteiger partial charge in [-0.1, -0.05) is 41.5 Å². The number of thiophene rings is 1. The number of carbonyl (C=O) groups is 4. The third kappa shape index (κ3) is 8.14. The zero-order valence-corrected chi connectivity index (χ0v) is 21.3. The molecule has 1 saturated heterocycles. The number of rotatable bonds is 8. The Hall–Kier alpha value is -2.42. The van der Waals surface area contributed by atoms with Crippen molar-refractivity contribution in [3.63, 3.8) is 0 Å². The van der Waals surface area contributed by atoms with E-state index in [-0.39, 0.29) is 17.9 Å². The zero-order valence-electron chi connectivity index (χ0n) is 20.5. The van der Waals surface area contributed by atoms with Crippen LogP contribution in [0.4, 0.5) is 4.79 Å². The molecule has 1 aliphatic rings. The Labute approximate surface area is 200 Å². The average Bonchev–Trinajstić information content (AvgIpc) is 3.38. The van der Waals surface area contributed by atoms with Crippen LogP contribution >= 0.6 is 11.3 Å². The van der Waals surface area contributed by atoms with Crippen molar-refractivity contribution in [1.82, 2.24) is 15.5 Å². The lowest BCUT2D eigenvalue weighted by Gasteiger charge is -2.35. The van der Waals surface area contributed by atoms with Crippen molar-refractivity contribution in [3.8, 4) is 0 Å². The van der Waals surface area contributed by atoms with Crippen molar-refractivity contribution in [2.75, 3.05) is 6.54 Å². The number of aldehydes is 1. The lowest BCUT2D eigenvalue weighted by Crippen LogP contribution is -2.59. The van der Waals surface area contributed by atoms with E-state index >= 15 is 0 Å². The van der Waals surface area contributed by atoms with E-state index < -0.39 is 35.5 Å². The van der Waals surface area contributed by atoms with E-state index in [1.165, 1.54) is 16.2 Å². The number of amides is 3. The number of hydrogen-bond acceptors (Lipinski definition) is 6. The maximum absolute atomic E-state index is 13.2. The molecule has 1 fully saturated rings. The maximum atomic E-state index is 13.2. The number of likely N-dealkylation sites (tertiary alicyclic amines) is 1. The summed E-state index contributed by atoms with van der Waals surface area (Å²) < 4.78 is 5.44. The van der Waals surface area contributed by atoms with Crippen LogP contribution in [-0.2, 0) is 25.7 Å². The van der Waals surface area contributed by atoms with E-state index in [2.05, 4.69) is 10.6 Å². The van der Waals surface area contributed by atoms with Gasteiger partial charge in [-0.25, -0.2) is 9.59 Å². The molecule has 3 amide bonds. The number of carbonyl (C=O) groups excluding carboxylic acids is 4. The van der Waals surface area contributed by atoms with Crippen molar-refractivity contribution >= 4 is 35.5 Å². The molecule has 0 bridgehead atoms. The molecule has 1 aromatic rings. The largest absolute Gasteiger partial charge is 0.459 e. The number of nitrogens with one attached hydrogen (secondary N) is 2. The lowest BCUT2D eigenvalue weighted by atomic mass is 9.85. The molecule has 3 unspecified atom stereocenters. The Balaban J connectivity index is 2.10. The van der Waals surface area contributed by atoms with Crippen LogP contribution in [0.25, 0.3) is 0 Å². The first-order valence-electron chi connectivity index (χ1n) is 11.3. The van der Waals surface area contributed by atoms with Gasteiger partial charge in [0.05, 0.1) is 6.04 Å². The molecule has 2 rings (SSSR count). The van der Waals surface area contributed by atoms with Gasteiger partial charge in [-0.05, 0) is 46.9 Å². The molecule has 1 aliphatic heterocycles. The molecule has 9 heteroatoms. The van der Waals surface area contributed by atoms with Crippen LogP contribution in [0.15, 0.2) is 16.8 Å². The van der Waals surface area contributed by atoms with E-state index in [9.17, 15) is 19.2 Å². The molecule has 8 nitrogen and oxygen atoms in total. The first kappa shape index (κ1) is 26.8. The fourth-order valence-electron chi connectivity index (χ4n) is 3.79. The number of urea groups is 1. The number of esters is 1. The summed E-state index contributed by atoms with van der Waals surface area (Å²) in [4.78, 5) is 51.8. The number of hydrogen-bond donors (Lipinski definition) is 2. The van der Waals surface area contributed by atoms with E-state index in [0.29, 0.717) is 19.4 Å². The second-order valence-electron chi connectivity index (χ2n) is 10.9. The quantitative estimate of drug-likeness (QED) is 0.439. The van der Waals surface area contributed by atoms with Gasteiger partial charge in [0.15, 0.2) is 0 Å². The van der Waals surface area contributed by atoms with Crippen molar-refractivity contribution in [3.05, 3.63) is 22.4 Å². The van der Waals surface area contributed by atoms with Gasteiger partial charge in [0.2, 0.25) is 5.91 Å². The molecule has 3 atom stereocenters. The highest BCUT2D eigenvalue weighted by molar-refractivity contribution is 7.07. The molecule has 0 saturated carbocycles. The van der Waals surface area contributed by atoms with Crippen LogP contribution in [0.3, 0.4) is 0 Å².